The normalized spacial score (nSPS) is 10.8. The maximum atomic E-state index is 12.9. The average Bonchev–Trinajstić information content (AvgIpc) is 3.40. The zero-order chi connectivity index (χ0) is 23.3. The highest BCUT2D eigenvalue weighted by Crippen LogP contribution is 2.17. The van der Waals surface area contributed by atoms with Crippen LogP contribution in [-0.4, -0.2) is 49.2 Å². The molecule has 3 rings (SSSR count). The van der Waals surface area contributed by atoms with Crippen LogP contribution in [0.5, 0.6) is 0 Å². The largest absolute Gasteiger partial charge is 0.378 e. The number of quaternary nitrogens is 1. The van der Waals surface area contributed by atoms with Crippen molar-refractivity contribution < 1.29 is 19.2 Å². The van der Waals surface area contributed by atoms with E-state index in [1.165, 1.54) is 33.8 Å². The van der Waals surface area contributed by atoms with Crippen LogP contribution in [0.4, 0.5) is 11.5 Å². The first-order valence-corrected chi connectivity index (χ1v) is 9.72. The second-order valence-electron chi connectivity index (χ2n) is 6.77. The van der Waals surface area contributed by atoms with E-state index in [4.69, 9.17) is 5.73 Å². The van der Waals surface area contributed by atoms with Gasteiger partial charge >= 0.3 is 0 Å². The SMILES string of the molecule is C=C(NNC(=O)c1nnn(-c2nonc2N)c1C[NH+](CC)CC)c1ccc([N+](=O)[O-])cc1. The summed E-state index contributed by atoms with van der Waals surface area (Å²) >= 11 is 0. The zero-order valence-corrected chi connectivity index (χ0v) is 17.5. The topological polar surface area (TPSA) is 184 Å². The molecule has 3 aromatic rings. The van der Waals surface area contributed by atoms with E-state index in [1.54, 1.807) is 0 Å². The molecular weight excluding hydrogens is 420 g/mol. The molecule has 0 saturated carbocycles. The minimum absolute atomic E-state index is 0.0160. The quantitative estimate of drug-likeness (QED) is 0.234. The molecule has 0 bridgehead atoms. The summed E-state index contributed by atoms with van der Waals surface area (Å²) in [5.41, 5.74) is 12.4. The molecule has 0 saturated heterocycles. The molecule has 32 heavy (non-hydrogen) atoms. The molecule has 14 heteroatoms. The molecule has 0 atom stereocenters. The third kappa shape index (κ3) is 4.70. The minimum Gasteiger partial charge on any atom is -0.378 e. The number of anilines is 1. The van der Waals surface area contributed by atoms with Crippen LogP contribution < -0.4 is 21.5 Å². The highest BCUT2D eigenvalue weighted by atomic mass is 16.6. The average molecular weight is 443 g/mol. The van der Waals surface area contributed by atoms with Crippen molar-refractivity contribution in [3.05, 3.63) is 57.9 Å². The van der Waals surface area contributed by atoms with Gasteiger partial charge < -0.3 is 10.6 Å². The molecule has 0 radical (unpaired) electrons. The predicted molar refractivity (Wildman–Crippen MR) is 112 cm³/mol. The number of non-ortho nitro benzene ring substituents is 1. The van der Waals surface area contributed by atoms with Crippen LogP contribution in [0.15, 0.2) is 35.5 Å². The van der Waals surface area contributed by atoms with Crippen molar-refractivity contribution in [2.45, 2.75) is 20.4 Å². The summed E-state index contributed by atoms with van der Waals surface area (Å²) in [6.07, 6.45) is 0. The van der Waals surface area contributed by atoms with Crippen molar-refractivity contribution in [3.8, 4) is 5.82 Å². The summed E-state index contributed by atoms with van der Waals surface area (Å²) in [4.78, 5) is 24.3. The molecular formula is C18H23N10O4+. The number of nitrogens with one attached hydrogen (secondary N) is 3. The molecule has 14 nitrogen and oxygen atoms in total. The molecule has 1 amide bonds. The Kier molecular flexibility index (Phi) is 6.74. The number of hydrazine groups is 1. The third-order valence-electron chi connectivity index (χ3n) is 4.85. The third-order valence-corrected chi connectivity index (χ3v) is 4.85. The maximum Gasteiger partial charge on any atom is 0.292 e. The summed E-state index contributed by atoms with van der Waals surface area (Å²) in [7, 11) is 0. The van der Waals surface area contributed by atoms with E-state index in [9.17, 15) is 14.9 Å². The van der Waals surface area contributed by atoms with Gasteiger partial charge in [-0.15, -0.1) is 5.10 Å². The van der Waals surface area contributed by atoms with Gasteiger partial charge in [0.05, 0.1) is 23.7 Å². The van der Waals surface area contributed by atoms with E-state index in [0.717, 1.165) is 13.1 Å². The molecule has 0 unspecified atom stereocenters. The molecule has 1 aromatic carbocycles. The van der Waals surface area contributed by atoms with Gasteiger partial charge in [-0.3, -0.25) is 25.8 Å². The molecule has 0 spiro atoms. The number of nitrogen functional groups attached to an aromatic ring is 1. The molecule has 0 fully saturated rings. The van der Waals surface area contributed by atoms with Gasteiger partial charge in [0, 0.05) is 12.1 Å². The Morgan fingerprint density at radius 1 is 1.25 bits per heavy atom. The number of carbonyl (C=O) groups is 1. The Hall–Kier alpha value is -4.33. The Labute approximate surface area is 182 Å². The number of nitro benzene ring substituents is 1. The zero-order valence-electron chi connectivity index (χ0n) is 17.5. The lowest BCUT2D eigenvalue weighted by Crippen LogP contribution is -3.10. The van der Waals surface area contributed by atoms with Crippen LogP contribution in [0.2, 0.25) is 0 Å². The standard InChI is InChI=1S/C18H22N10O4/c1-4-26(5-2)10-14-15(21-25-27(14)17-16(19)23-32-24-17)18(29)22-20-11(3)12-6-8-13(9-7-12)28(30)31/h6-9,20H,3-5,10H2,1-2H3,(H2,19,23)(H,22,29)/p+1. The van der Waals surface area contributed by atoms with Gasteiger partial charge in [-0.25, -0.2) is 4.63 Å². The summed E-state index contributed by atoms with van der Waals surface area (Å²) in [6, 6.07) is 5.73. The van der Waals surface area contributed by atoms with Crippen LogP contribution in [-0.2, 0) is 6.54 Å². The number of rotatable bonds is 10. The van der Waals surface area contributed by atoms with E-state index in [1.807, 2.05) is 13.8 Å². The molecule has 5 N–H and O–H groups in total. The first kappa shape index (κ1) is 22.4. The van der Waals surface area contributed by atoms with Crippen molar-refractivity contribution >= 4 is 23.1 Å². The van der Waals surface area contributed by atoms with Crippen LogP contribution in [0.3, 0.4) is 0 Å². The summed E-state index contributed by atoms with van der Waals surface area (Å²) in [6.45, 7) is 9.93. The van der Waals surface area contributed by atoms with Gasteiger partial charge in [-0.05, 0) is 41.9 Å². The molecule has 2 heterocycles. The van der Waals surface area contributed by atoms with Gasteiger partial charge in [0.15, 0.2) is 5.69 Å². The van der Waals surface area contributed by atoms with Gasteiger partial charge in [-0.2, -0.15) is 4.68 Å². The van der Waals surface area contributed by atoms with Gasteiger partial charge in [-0.1, -0.05) is 11.8 Å². The minimum atomic E-state index is -0.559. The molecule has 0 aliphatic heterocycles. The van der Waals surface area contributed by atoms with Gasteiger partial charge in [0.2, 0.25) is 11.6 Å². The number of nitrogens with two attached hydrogens (primary N) is 1. The van der Waals surface area contributed by atoms with Crippen LogP contribution in [0, 0.1) is 10.1 Å². The predicted octanol–water partition coefficient (Wildman–Crippen LogP) is -0.529. The van der Waals surface area contributed by atoms with Crippen molar-refractivity contribution in [2.75, 3.05) is 18.8 Å². The summed E-state index contributed by atoms with van der Waals surface area (Å²) in [5.74, 6) is -0.403. The Balaban J connectivity index is 1.79. The second kappa shape index (κ2) is 9.65. The van der Waals surface area contributed by atoms with Crippen LogP contribution in [0.1, 0.15) is 35.6 Å². The highest BCUT2D eigenvalue weighted by Gasteiger charge is 2.26. The molecule has 2 aromatic heterocycles. The molecule has 168 valence electrons. The van der Waals surface area contributed by atoms with E-state index in [0.29, 0.717) is 23.5 Å². The fourth-order valence-corrected chi connectivity index (χ4v) is 2.93. The van der Waals surface area contributed by atoms with Crippen molar-refractivity contribution in [2.24, 2.45) is 0 Å². The lowest BCUT2D eigenvalue weighted by atomic mass is 10.1. The van der Waals surface area contributed by atoms with Crippen molar-refractivity contribution in [1.82, 2.24) is 36.2 Å². The maximum absolute atomic E-state index is 12.9. The number of carbonyl (C=O) groups excluding carboxylic acids is 1. The summed E-state index contributed by atoms with van der Waals surface area (Å²) < 4.78 is 5.98. The lowest BCUT2D eigenvalue weighted by molar-refractivity contribution is -0.910. The van der Waals surface area contributed by atoms with Gasteiger partial charge in [0.25, 0.3) is 11.6 Å². The van der Waals surface area contributed by atoms with Crippen molar-refractivity contribution in [3.63, 3.8) is 0 Å². The lowest BCUT2D eigenvalue weighted by Gasteiger charge is -2.16. The van der Waals surface area contributed by atoms with E-state index in [2.05, 4.69) is 42.7 Å². The highest BCUT2D eigenvalue weighted by molar-refractivity contribution is 5.93. The van der Waals surface area contributed by atoms with E-state index >= 15 is 0 Å². The number of hydrogen-bond acceptors (Lipinski definition) is 10. The summed E-state index contributed by atoms with van der Waals surface area (Å²) in [5, 5.41) is 26.1. The smallest absolute Gasteiger partial charge is 0.292 e. The number of nitro groups is 1. The number of benzene rings is 1. The number of nitrogens with zero attached hydrogens (tertiary/aromatic N) is 6. The van der Waals surface area contributed by atoms with E-state index < -0.39 is 10.8 Å². The van der Waals surface area contributed by atoms with Crippen LogP contribution >= 0.6 is 0 Å². The Morgan fingerprint density at radius 3 is 2.50 bits per heavy atom. The first-order valence-electron chi connectivity index (χ1n) is 9.72. The Bertz CT molecular complexity index is 1120. The number of aromatic nitrogens is 5. The number of hydrogen-bond donors (Lipinski definition) is 4. The monoisotopic (exact) mass is 443 g/mol. The first-order chi connectivity index (χ1) is 15.3. The number of amides is 1. The van der Waals surface area contributed by atoms with E-state index in [-0.39, 0.29) is 23.0 Å². The van der Waals surface area contributed by atoms with Crippen LogP contribution in [0.25, 0.3) is 11.5 Å². The molecule has 0 aliphatic carbocycles. The van der Waals surface area contributed by atoms with Crippen molar-refractivity contribution in [1.29, 1.82) is 0 Å². The van der Waals surface area contributed by atoms with Gasteiger partial charge in [0.1, 0.15) is 12.2 Å². The molecule has 0 aliphatic rings. The second-order valence-corrected chi connectivity index (χ2v) is 6.77. The fraction of sp³-hybridized carbons (Fsp3) is 0.278. The fourth-order valence-electron chi connectivity index (χ4n) is 2.93. The Morgan fingerprint density at radius 2 is 1.94 bits per heavy atom.